The van der Waals surface area contributed by atoms with E-state index in [9.17, 15) is 0 Å². The highest BCUT2D eigenvalue weighted by Crippen LogP contribution is 2.00. The molecule has 0 fully saturated rings. The fourth-order valence-electron chi connectivity index (χ4n) is 0.738. The first-order valence-electron chi connectivity index (χ1n) is 2.83. The number of halogens is 2. The molecule has 1 aliphatic rings. The number of hydrogen-bond donors (Lipinski definition) is 2. The zero-order chi connectivity index (χ0) is 5.98. The Morgan fingerprint density at radius 1 is 1.40 bits per heavy atom. The van der Waals surface area contributed by atoms with Crippen LogP contribution >= 0.6 is 24.8 Å². The quantitative estimate of drug-likeness (QED) is 0.571. The van der Waals surface area contributed by atoms with Crippen LogP contribution in [0.1, 0.15) is 12.8 Å². The van der Waals surface area contributed by atoms with E-state index in [4.69, 9.17) is 11.5 Å². The second kappa shape index (κ2) is 5.77. The van der Waals surface area contributed by atoms with E-state index in [1.807, 2.05) is 0 Å². The minimum Gasteiger partial charge on any atom is -0.387 e. The lowest BCUT2D eigenvalue weighted by Crippen LogP contribution is -2.31. The summed E-state index contributed by atoms with van der Waals surface area (Å²) in [5, 5.41) is 0. The zero-order valence-electron chi connectivity index (χ0n) is 5.62. The molecule has 0 saturated carbocycles. The maximum absolute atomic E-state index is 5.53. The van der Waals surface area contributed by atoms with Crippen LogP contribution in [-0.2, 0) is 0 Å². The molecule has 0 aliphatic carbocycles. The Kier molecular flexibility index (Phi) is 7.31. The lowest BCUT2D eigenvalue weighted by Gasteiger charge is -2.13. The average Bonchev–Trinajstić information content (AvgIpc) is 1.77. The van der Waals surface area contributed by atoms with Crippen molar-refractivity contribution in [1.82, 2.24) is 0 Å². The van der Waals surface area contributed by atoms with Crippen LogP contribution in [0, 0.1) is 0 Å². The standard InChI is InChI=1S/C5H11N3.2ClH/c6-4-1-2-5(7)8-3-4;;/h4H,1-3,6H2,(H2,7,8);2*1H. The van der Waals surface area contributed by atoms with Gasteiger partial charge in [0.2, 0.25) is 0 Å². The Morgan fingerprint density at radius 3 is 2.30 bits per heavy atom. The molecule has 0 amide bonds. The van der Waals surface area contributed by atoms with E-state index in [1.165, 1.54) is 0 Å². The lowest BCUT2D eigenvalue weighted by molar-refractivity contribution is 0.613. The van der Waals surface area contributed by atoms with Crippen molar-refractivity contribution in [3.8, 4) is 0 Å². The highest BCUT2D eigenvalue weighted by Gasteiger charge is 2.07. The summed E-state index contributed by atoms with van der Waals surface area (Å²) in [6.07, 6.45) is 1.87. The van der Waals surface area contributed by atoms with Crippen molar-refractivity contribution in [2.75, 3.05) is 6.54 Å². The Morgan fingerprint density at radius 2 is 2.00 bits per heavy atom. The first-order chi connectivity index (χ1) is 3.79. The Bertz CT molecular complexity index is 115. The third kappa shape index (κ3) is 3.93. The molecular formula is C5H13Cl2N3. The summed E-state index contributed by atoms with van der Waals surface area (Å²) in [6.45, 7) is 0.714. The van der Waals surface area contributed by atoms with Gasteiger partial charge in [0.05, 0.1) is 12.4 Å². The van der Waals surface area contributed by atoms with Crippen LogP contribution < -0.4 is 11.5 Å². The van der Waals surface area contributed by atoms with Crippen molar-refractivity contribution in [2.24, 2.45) is 16.5 Å². The Hall–Kier alpha value is 0.01000. The van der Waals surface area contributed by atoms with E-state index in [0.29, 0.717) is 6.54 Å². The van der Waals surface area contributed by atoms with Crippen molar-refractivity contribution in [3.63, 3.8) is 0 Å². The largest absolute Gasteiger partial charge is 0.387 e. The molecular weight excluding hydrogens is 173 g/mol. The third-order valence-electron chi connectivity index (χ3n) is 1.30. The van der Waals surface area contributed by atoms with Gasteiger partial charge in [0.1, 0.15) is 0 Å². The van der Waals surface area contributed by atoms with Gasteiger partial charge in [-0.05, 0) is 6.42 Å². The smallest absolute Gasteiger partial charge is 0.0938 e. The number of hydrogen-bond acceptors (Lipinski definition) is 3. The van der Waals surface area contributed by atoms with E-state index in [1.54, 1.807) is 0 Å². The van der Waals surface area contributed by atoms with Crippen LogP contribution in [0.3, 0.4) is 0 Å². The SMILES string of the molecule is Cl.Cl.NC1=NCC(N)CC1. The van der Waals surface area contributed by atoms with Gasteiger partial charge in [-0.2, -0.15) is 0 Å². The summed E-state index contributed by atoms with van der Waals surface area (Å²) in [5.41, 5.74) is 10.9. The molecule has 0 saturated heterocycles. The normalized spacial score (nSPS) is 23.7. The molecule has 0 aromatic heterocycles. The molecule has 4 N–H and O–H groups in total. The van der Waals surface area contributed by atoms with E-state index in [2.05, 4.69) is 4.99 Å². The molecule has 5 heteroatoms. The summed E-state index contributed by atoms with van der Waals surface area (Å²) in [6, 6.07) is 0.252. The third-order valence-corrected chi connectivity index (χ3v) is 1.30. The highest BCUT2D eigenvalue weighted by molar-refractivity contribution is 5.85. The topological polar surface area (TPSA) is 64.4 Å². The van der Waals surface area contributed by atoms with Gasteiger partial charge >= 0.3 is 0 Å². The molecule has 0 radical (unpaired) electrons. The van der Waals surface area contributed by atoms with Crippen LogP contribution in [0.5, 0.6) is 0 Å². The van der Waals surface area contributed by atoms with Crippen LogP contribution in [0.2, 0.25) is 0 Å². The molecule has 0 aromatic rings. The highest BCUT2D eigenvalue weighted by atomic mass is 35.5. The minimum absolute atomic E-state index is 0. The predicted octanol–water partition coefficient (Wildman–Crippen LogP) is 0.308. The number of aliphatic imine (C=N–C) groups is 1. The van der Waals surface area contributed by atoms with E-state index in [0.717, 1.165) is 18.7 Å². The summed E-state index contributed by atoms with van der Waals surface area (Å²) >= 11 is 0. The number of amidine groups is 1. The molecule has 1 rings (SSSR count). The molecule has 1 atom stereocenters. The van der Waals surface area contributed by atoms with Crippen molar-refractivity contribution in [1.29, 1.82) is 0 Å². The first kappa shape index (κ1) is 12.7. The van der Waals surface area contributed by atoms with Gasteiger partial charge in [0.25, 0.3) is 0 Å². The molecule has 1 unspecified atom stereocenters. The Labute approximate surface area is 73.1 Å². The van der Waals surface area contributed by atoms with Crippen LogP contribution in [0.25, 0.3) is 0 Å². The molecule has 62 valence electrons. The van der Waals surface area contributed by atoms with Gasteiger partial charge in [0.15, 0.2) is 0 Å². The summed E-state index contributed by atoms with van der Waals surface area (Å²) in [4.78, 5) is 3.98. The molecule has 0 aromatic carbocycles. The molecule has 0 spiro atoms. The first-order valence-corrected chi connectivity index (χ1v) is 2.83. The van der Waals surface area contributed by atoms with Crippen molar-refractivity contribution in [2.45, 2.75) is 18.9 Å². The maximum Gasteiger partial charge on any atom is 0.0938 e. The second-order valence-electron chi connectivity index (χ2n) is 2.13. The van der Waals surface area contributed by atoms with E-state index >= 15 is 0 Å². The van der Waals surface area contributed by atoms with E-state index in [-0.39, 0.29) is 30.9 Å². The number of nitrogens with zero attached hydrogens (tertiary/aromatic N) is 1. The van der Waals surface area contributed by atoms with Gasteiger partial charge in [-0.3, -0.25) is 4.99 Å². The second-order valence-corrected chi connectivity index (χ2v) is 2.13. The molecule has 1 heterocycles. The summed E-state index contributed by atoms with van der Waals surface area (Å²) in [7, 11) is 0. The predicted molar refractivity (Wildman–Crippen MR) is 48.2 cm³/mol. The van der Waals surface area contributed by atoms with Gasteiger partial charge in [-0.1, -0.05) is 0 Å². The fourth-order valence-corrected chi connectivity index (χ4v) is 0.738. The zero-order valence-corrected chi connectivity index (χ0v) is 7.25. The van der Waals surface area contributed by atoms with Gasteiger partial charge in [-0.15, -0.1) is 24.8 Å². The average molecular weight is 186 g/mol. The fraction of sp³-hybridized carbons (Fsp3) is 0.800. The van der Waals surface area contributed by atoms with Crippen LogP contribution in [0.4, 0.5) is 0 Å². The molecule has 10 heavy (non-hydrogen) atoms. The number of rotatable bonds is 0. The van der Waals surface area contributed by atoms with Crippen molar-refractivity contribution < 1.29 is 0 Å². The monoisotopic (exact) mass is 185 g/mol. The van der Waals surface area contributed by atoms with Gasteiger partial charge in [0, 0.05) is 12.5 Å². The lowest BCUT2D eigenvalue weighted by atomic mass is 10.1. The van der Waals surface area contributed by atoms with E-state index < -0.39 is 0 Å². The minimum atomic E-state index is 0. The maximum atomic E-state index is 5.53. The Balaban J connectivity index is 0. The molecule has 3 nitrogen and oxygen atoms in total. The van der Waals surface area contributed by atoms with Crippen molar-refractivity contribution >= 4 is 30.6 Å². The van der Waals surface area contributed by atoms with Crippen molar-refractivity contribution in [3.05, 3.63) is 0 Å². The van der Waals surface area contributed by atoms with Crippen LogP contribution in [0.15, 0.2) is 4.99 Å². The number of nitrogens with two attached hydrogens (primary N) is 2. The van der Waals surface area contributed by atoms with Crippen LogP contribution in [-0.4, -0.2) is 18.4 Å². The molecule has 1 aliphatic heterocycles. The van der Waals surface area contributed by atoms with Gasteiger partial charge in [-0.25, -0.2) is 0 Å². The summed E-state index contributed by atoms with van der Waals surface area (Å²) in [5.74, 6) is 0.756. The molecule has 0 bridgehead atoms. The van der Waals surface area contributed by atoms with Gasteiger partial charge < -0.3 is 11.5 Å². The summed E-state index contributed by atoms with van der Waals surface area (Å²) < 4.78 is 0.